The molecule has 84 valence electrons. The van der Waals surface area contributed by atoms with Crippen LogP contribution in [0.2, 0.25) is 0 Å². The number of rotatable bonds is 3. The fourth-order valence-electron chi connectivity index (χ4n) is 1.61. The van der Waals surface area contributed by atoms with Gasteiger partial charge in [0.05, 0.1) is 6.54 Å². The van der Waals surface area contributed by atoms with E-state index in [9.17, 15) is 0 Å². The monoisotopic (exact) mass is 234 g/mol. The second kappa shape index (κ2) is 4.49. The van der Waals surface area contributed by atoms with Crippen molar-refractivity contribution in [2.24, 2.45) is 0 Å². The van der Waals surface area contributed by atoms with E-state index in [-0.39, 0.29) is 0 Å². The lowest BCUT2D eigenvalue weighted by atomic mass is 10.2. The first kappa shape index (κ1) is 10.9. The standard InChI is InChI=1S/C11H14N4S/c1-8-5-3-4-6-9(8)15(2)7-10-13-14-11(12)16-10/h3-6H,7H2,1-2H3,(H2,12,14). The van der Waals surface area contributed by atoms with Crippen LogP contribution in [0, 0.1) is 6.92 Å². The van der Waals surface area contributed by atoms with Crippen molar-refractivity contribution >= 4 is 22.2 Å². The Morgan fingerprint density at radius 3 is 2.69 bits per heavy atom. The summed E-state index contributed by atoms with van der Waals surface area (Å²) in [5, 5.41) is 9.27. The molecule has 0 saturated carbocycles. The molecule has 0 bridgehead atoms. The summed E-state index contributed by atoms with van der Waals surface area (Å²) < 4.78 is 0. The van der Waals surface area contributed by atoms with Gasteiger partial charge in [-0.25, -0.2) is 0 Å². The zero-order valence-corrected chi connectivity index (χ0v) is 10.2. The fraction of sp³-hybridized carbons (Fsp3) is 0.273. The molecular formula is C11H14N4S. The molecule has 5 heteroatoms. The van der Waals surface area contributed by atoms with Gasteiger partial charge in [-0.2, -0.15) is 0 Å². The molecule has 2 aromatic rings. The summed E-state index contributed by atoms with van der Waals surface area (Å²) in [5.41, 5.74) is 8.01. The Balaban J connectivity index is 2.14. The van der Waals surface area contributed by atoms with E-state index < -0.39 is 0 Å². The van der Waals surface area contributed by atoms with Crippen molar-refractivity contribution in [1.82, 2.24) is 10.2 Å². The average molecular weight is 234 g/mol. The Hall–Kier alpha value is -1.62. The van der Waals surface area contributed by atoms with Crippen LogP contribution in [0.15, 0.2) is 24.3 Å². The van der Waals surface area contributed by atoms with E-state index in [0.29, 0.717) is 5.13 Å². The second-order valence-electron chi connectivity index (χ2n) is 3.68. The first-order valence-corrected chi connectivity index (χ1v) is 5.83. The van der Waals surface area contributed by atoms with Gasteiger partial charge < -0.3 is 10.6 Å². The fourth-order valence-corrected chi connectivity index (χ4v) is 2.27. The summed E-state index contributed by atoms with van der Waals surface area (Å²) in [6, 6.07) is 8.27. The quantitative estimate of drug-likeness (QED) is 0.883. The molecule has 2 N–H and O–H groups in total. The van der Waals surface area contributed by atoms with Gasteiger partial charge in [0.1, 0.15) is 5.01 Å². The van der Waals surface area contributed by atoms with Gasteiger partial charge in [0.25, 0.3) is 0 Å². The van der Waals surface area contributed by atoms with E-state index in [1.165, 1.54) is 22.6 Å². The van der Waals surface area contributed by atoms with Gasteiger partial charge in [0.15, 0.2) is 0 Å². The zero-order valence-electron chi connectivity index (χ0n) is 9.34. The van der Waals surface area contributed by atoms with Crippen molar-refractivity contribution in [1.29, 1.82) is 0 Å². The number of aromatic nitrogens is 2. The molecule has 0 atom stereocenters. The molecule has 1 heterocycles. The highest BCUT2D eigenvalue weighted by Gasteiger charge is 2.07. The van der Waals surface area contributed by atoms with Crippen molar-refractivity contribution in [2.75, 3.05) is 17.7 Å². The summed E-state index contributed by atoms with van der Waals surface area (Å²) in [6.45, 7) is 2.83. The van der Waals surface area contributed by atoms with Crippen LogP contribution in [0.1, 0.15) is 10.6 Å². The Morgan fingerprint density at radius 2 is 2.06 bits per heavy atom. The largest absolute Gasteiger partial charge is 0.374 e. The molecule has 0 spiro atoms. The van der Waals surface area contributed by atoms with Gasteiger partial charge in [-0.05, 0) is 18.6 Å². The maximum atomic E-state index is 5.55. The third-order valence-electron chi connectivity index (χ3n) is 2.38. The Bertz CT molecular complexity index is 480. The molecule has 0 aliphatic heterocycles. The second-order valence-corrected chi connectivity index (χ2v) is 4.77. The number of nitrogens with two attached hydrogens (primary N) is 1. The van der Waals surface area contributed by atoms with Crippen LogP contribution in [0.5, 0.6) is 0 Å². The molecule has 0 radical (unpaired) electrons. The highest BCUT2D eigenvalue weighted by molar-refractivity contribution is 7.15. The summed E-state index contributed by atoms with van der Waals surface area (Å²) in [7, 11) is 2.04. The first-order valence-electron chi connectivity index (χ1n) is 5.01. The number of benzene rings is 1. The van der Waals surface area contributed by atoms with E-state index in [2.05, 4.69) is 34.2 Å². The summed E-state index contributed by atoms with van der Waals surface area (Å²) in [6.07, 6.45) is 0. The van der Waals surface area contributed by atoms with Crippen LogP contribution in [-0.4, -0.2) is 17.2 Å². The Morgan fingerprint density at radius 1 is 1.31 bits per heavy atom. The number of para-hydroxylation sites is 1. The molecule has 4 nitrogen and oxygen atoms in total. The number of hydrogen-bond donors (Lipinski definition) is 1. The number of anilines is 2. The molecule has 1 aromatic heterocycles. The van der Waals surface area contributed by atoms with E-state index in [1.54, 1.807) is 0 Å². The minimum absolute atomic E-state index is 0.521. The minimum atomic E-state index is 0.521. The van der Waals surface area contributed by atoms with Crippen LogP contribution in [0.25, 0.3) is 0 Å². The third-order valence-corrected chi connectivity index (χ3v) is 3.12. The highest BCUT2D eigenvalue weighted by Crippen LogP contribution is 2.21. The predicted octanol–water partition coefficient (Wildman–Crippen LogP) is 2.07. The minimum Gasteiger partial charge on any atom is -0.374 e. The van der Waals surface area contributed by atoms with Crippen molar-refractivity contribution in [3.05, 3.63) is 34.8 Å². The normalized spacial score (nSPS) is 10.4. The van der Waals surface area contributed by atoms with E-state index in [4.69, 9.17) is 5.73 Å². The maximum absolute atomic E-state index is 5.55. The SMILES string of the molecule is Cc1ccccc1N(C)Cc1nnc(N)s1. The van der Waals surface area contributed by atoms with E-state index in [0.717, 1.165) is 11.6 Å². The van der Waals surface area contributed by atoms with Gasteiger partial charge in [-0.15, -0.1) is 10.2 Å². The lowest BCUT2D eigenvalue weighted by Gasteiger charge is -2.19. The van der Waals surface area contributed by atoms with Crippen molar-refractivity contribution in [3.63, 3.8) is 0 Å². The molecule has 0 aliphatic carbocycles. The average Bonchev–Trinajstić information content (AvgIpc) is 2.64. The third kappa shape index (κ3) is 2.30. The summed E-state index contributed by atoms with van der Waals surface area (Å²) in [5.74, 6) is 0. The van der Waals surface area contributed by atoms with Crippen LogP contribution in [0.4, 0.5) is 10.8 Å². The molecule has 1 aromatic carbocycles. The van der Waals surface area contributed by atoms with Crippen LogP contribution < -0.4 is 10.6 Å². The molecule has 0 fully saturated rings. The number of hydrogen-bond acceptors (Lipinski definition) is 5. The molecule has 0 aliphatic rings. The topological polar surface area (TPSA) is 55.0 Å². The van der Waals surface area contributed by atoms with Crippen LogP contribution in [-0.2, 0) is 6.54 Å². The Labute approximate surface area is 98.7 Å². The first-order chi connectivity index (χ1) is 7.66. The van der Waals surface area contributed by atoms with Gasteiger partial charge in [0, 0.05) is 12.7 Å². The number of nitrogen functional groups attached to an aromatic ring is 1. The van der Waals surface area contributed by atoms with Crippen LogP contribution in [0.3, 0.4) is 0 Å². The lowest BCUT2D eigenvalue weighted by molar-refractivity contribution is 0.878. The molecule has 16 heavy (non-hydrogen) atoms. The zero-order chi connectivity index (χ0) is 11.5. The molecule has 0 saturated heterocycles. The summed E-state index contributed by atoms with van der Waals surface area (Å²) in [4.78, 5) is 2.15. The molecule has 2 rings (SSSR count). The van der Waals surface area contributed by atoms with Gasteiger partial charge in [0.2, 0.25) is 5.13 Å². The predicted molar refractivity (Wildman–Crippen MR) is 67.6 cm³/mol. The Kier molecular flexibility index (Phi) is 3.05. The van der Waals surface area contributed by atoms with Gasteiger partial charge >= 0.3 is 0 Å². The smallest absolute Gasteiger partial charge is 0.203 e. The van der Waals surface area contributed by atoms with Gasteiger partial charge in [-0.3, -0.25) is 0 Å². The lowest BCUT2D eigenvalue weighted by Crippen LogP contribution is -2.17. The maximum Gasteiger partial charge on any atom is 0.203 e. The number of nitrogens with zero attached hydrogens (tertiary/aromatic N) is 3. The molecular weight excluding hydrogens is 220 g/mol. The molecule has 0 amide bonds. The highest BCUT2D eigenvalue weighted by atomic mass is 32.1. The van der Waals surface area contributed by atoms with Crippen molar-refractivity contribution in [2.45, 2.75) is 13.5 Å². The summed E-state index contributed by atoms with van der Waals surface area (Å²) >= 11 is 1.43. The van der Waals surface area contributed by atoms with Gasteiger partial charge in [-0.1, -0.05) is 29.5 Å². The van der Waals surface area contributed by atoms with Crippen molar-refractivity contribution in [3.8, 4) is 0 Å². The van der Waals surface area contributed by atoms with E-state index >= 15 is 0 Å². The van der Waals surface area contributed by atoms with E-state index in [1.807, 2.05) is 19.2 Å². The molecule has 0 unspecified atom stereocenters. The number of aryl methyl sites for hydroxylation is 1. The van der Waals surface area contributed by atoms with Crippen molar-refractivity contribution < 1.29 is 0 Å². The van der Waals surface area contributed by atoms with Crippen LogP contribution >= 0.6 is 11.3 Å².